The van der Waals surface area contributed by atoms with E-state index in [9.17, 15) is 0 Å². The number of rotatable bonds is 8. The molecule has 0 saturated heterocycles. The van der Waals surface area contributed by atoms with Crippen molar-refractivity contribution in [3.8, 4) is 5.75 Å². The van der Waals surface area contributed by atoms with Gasteiger partial charge >= 0.3 is 0 Å². The maximum absolute atomic E-state index is 5.68. The molecule has 0 unspecified atom stereocenters. The second-order valence-corrected chi connectivity index (χ2v) is 5.14. The number of hydrogen-bond acceptors (Lipinski definition) is 4. The first-order valence-electron chi connectivity index (χ1n) is 7.17. The summed E-state index contributed by atoms with van der Waals surface area (Å²) in [6, 6.07) is 4.74. The van der Waals surface area contributed by atoms with Gasteiger partial charge in [0.1, 0.15) is 5.75 Å². The van der Waals surface area contributed by atoms with Crippen LogP contribution in [-0.4, -0.2) is 27.2 Å². The van der Waals surface area contributed by atoms with Crippen LogP contribution in [0.4, 0.5) is 0 Å². The maximum atomic E-state index is 5.68. The number of nitrogens with one attached hydrogen (secondary N) is 1. The van der Waals surface area contributed by atoms with E-state index in [1.165, 1.54) is 12.8 Å². The number of pyridine rings is 1. The zero-order valence-electron chi connectivity index (χ0n) is 11.5. The standard InChI is InChI=1S/C15H20N4O/c1(7-19-8-6-16-12-19)9-20-15-5-4-14(18-11-15)10-17-13-2-3-13/h4-6,8,11-13,17H,1-3,7,9-10H2. The van der Waals surface area contributed by atoms with Gasteiger partial charge in [0.2, 0.25) is 0 Å². The molecular weight excluding hydrogens is 252 g/mol. The fraction of sp³-hybridized carbons (Fsp3) is 0.467. The molecule has 0 atom stereocenters. The third-order valence-electron chi connectivity index (χ3n) is 3.34. The van der Waals surface area contributed by atoms with E-state index in [1.54, 1.807) is 12.4 Å². The van der Waals surface area contributed by atoms with Gasteiger partial charge in [0.05, 0.1) is 24.8 Å². The van der Waals surface area contributed by atoms with Crippen molar-refractivity contribution in [2.75, 3.05) is 6.61 Å². The van der Waals surface area contributed by atoms with Crippen LogP contribution in [0.2, 0.25) is 0 Å². The molecule has 106 valence electrons. The van der Waals surface area contributed by atoms with Gasteiger partial charge in [-0.25, -0.2) is 4.98 Å². The van der Waals surface area contributed by atoms with Gasteiger partial charge in [0.15, 0.2) is 0 Å². The molecule has 1 N–H and O–H groups in total. The topological polar surface area (TPSA) is 52.0 Å². The van der Waals surface area contributed by atoms with Gasteiger partial charge in [-0.3, -0.25) is 4.98 Å². The van der Waals surface area contributed by atoms with Crippen LogP contribution in [0.15, 0.2) is 37.1 Å². The van der Waals surface area contributed by atoms with Crippen LogP contribution in [0.5, 0.6) is 5.75 Å². The van der Waals surface area contributed by atoms with Gasteiger partial charge in [0, 0.05) is 31.5 Å². The highest BCUT2D eigenvalue weighted by atomic mass is 16.5. The molecule has 0 amide bonds. The quantitative estimate of drug-likeness (QED) is 0.747. The number of ether oxygens (including phenoxy) is 1. The van der Waals surface area contributed by atoms with Crippen LogP contribution >= 0.6 is 0 Å². The predicted octanol–water partition coefficient (Wildman–Crippen LogP) is 2.00. The normalized spacial score (nSPS) is 14.4. The fourth-order valence-electron chi connectivity index (χ4n) is 1.99. The van der Waals surface area contributed by atoms with E-state index < -0.39 is 0 Å². The Balaban J connectivity index is 1.36. The van der Waals surface area contributed by atoms with Crippen LogP contribution in [-0.2, 0) is 13.1 Å². The van der Waals surface area contributed by atoms with Gasteiger partial charge < -0.3 is 14.6 Å². The first-order valence-corrected chi connectivity index (χ1v) is 7.17. The zero-order valence-corrected chi connectivity index (χ0v) is 11.5. The van der Waals surface area contributed by atoms with Gasteiger partial charge in [-0.05, 0) is 31.4 Å². The monoisotopic (exact) mass is 272 g/mol. The van der Waals surface area contributed by atoms with Crippen LogP contribution in [0, 0.1) is 0 Å². The van der Waals surface area contributed by atoms with Crippen molar-refractivity contribution in [2.24, 2.45) is 0 Å². The molecule has 2 aromatic rings. The number of aryl methyl sites for hydroxylation is 1. The zero-order chi connectivity index (χ0) is 13.6. The smallest absolute Gasteiger partial charge is 0.137 e. The molecule has 1 aliphatic rings. The lowest BCUT2D eigenvalue weighted by molar-refractivity contribution is 0.300. The summed E-state index contributed by atoms with van der Waals surface area (Å²) in [5.74, 6) is 0.839. The van der Waals surface area contributed by atoms with Crippen LogP contribution < -0.4 is 10.1 Å². The molecular formula is C15H20N4O. The van der Waals surface area contributed by atoms with E-state index in [-0.39, 0.29) is 0 Å². The molecule has 20 heavy (non-hydrogen) atoms. The van der Waals surface area contributed by atoms with Crippen molar-refractivity contribution in [1.29, 1.82) is 0 Å². The summed E-state index contributed by atoms with van der Waals surface area (Å²) in [6.07, 6.45) is 10.9. The van der Waals surface area contributed by atoms with Gasteiger partial charge in [-0.1, -0.05) is 0 Å². The summed E-state index contributed by atoms with van der Waals surface area (Å²) >= 11 is 0. The number of hydrogen-bond donors (Lipinski definition) is 1. The molecule has 2 heterocycles. The van der Waals surface area contributed by atoms with Crippen molar-refractivity contribution >= 4 is 0 Å². The minimum Gasteiger partial charge on any atom is -0.492 e. The lowest BCUT2D eigenvalue weighted by Crippen LogP contribution is -2.16. The Hall–Kier alpha value is -1.88. The molecule has 5 nitrogen and oxygen atoms in total. The Morgan fingerprint density at radius 2 is 2.30 bits per heavy atom. The third-order valence-corrected chi connectivity index (χ3v) is 3.34. The lowest BCUT2D eigenvalue weighted by atomic mass is 10.3. The molecule has 1 fully saturated rings. The Labute approximate surface area is 119 Å². The minimum atomic E-state index is 0.694. The summed E-state index contributed by atoms with van der Waals surface area (Å²) in [5, 5.41) is 3.45. The van der Waals surface area contributed by atoms with E-state index >= 15 is 0 Å². The molecule has 0 spiro atoms. The summed E-state index contributed by atoms with van der Waals surface area (Å²) < 4.78 is 7.73. The van der Waals surface area contributed by atoms with Gasteiger partial charge in [-0.15, -0.1) is 0 Å². The van der Waals surface area contributed by atoms with Crippen molar-refractivity contribution in [3.63, 3.8) is 0 Å². The summed E-state index contributed by atoms with van der Waals surface area (Å²) in [6.45, 7) is 2.47. The SMILES string of the molecule is c1cn(CCCOc2ccc(CNC3CC3)nc2)cn1. The molecule has 3 rings (SSSR count). The number of imidazole rings is 1. The molecule has 5 heteroatoms. The molecule has 0 bridgehead atoms. The van der Waals surface area contributed by atoms with Crippen molar-refractivity contribution in [3.05, 3.63) is 42.7 Å². The van der Waals surface area contributed by atoms with Crippen molar-refractivity contribution < 1.29 is 4.74 Å². The van der Waals surface area contributed by atoms with Crippen molar-refractivity contribution in [1.82, 2.24) is 19.9 Å². The minimum absolute atomic E-state index is 0.694. The fourth-order valence-corrected chi connectivity index (χ4v) is 1.99. The van der Waals surface area contributed by atoms with Gasteiger partial charge in [0.25, 0.3) is 0 Å². The third kappa shape index (κ3) is 4.06. The molecule has 0 aliphatic heterocycles. The van der Waals surface area contributed by atoms with E-state index in [0.717, 1.165) is 37.0 Å². The number of aromatic nitrogens is 3. The first-order chi connectivity index (χ1) is 9.90. The maximum Gasteiger partial charge on any atom is 0.137 e. The lowest BCUT2D eigenvalue weighted by Gasteiger charge is -2.07. The molecule has 1 saturated carbocycles. The molecule has 0 aromatic carbocycles. The van der Waals surface area contributed by atoms with E-state index in [1.807, 2.05) is 29.2 Å². The highest BCUT2D eigenvalue weighted by molar-refractivity contribution is 5.19. The van der Waals surface area contributed by atoms with E-state index in [4.69, 9.17) is 4.74 Å². The highest BCUT2D eigenvalue weighted by Crippen LogP contribution is 2.19. The summed E-state index contributed by atoms with van der Waals surface area (Å²) in [5.41, 5.74) is 1.07. The molecule has 0 radical (unpaired) electrons. The molecule has 2 aromatic heterocycles. The Bertz CT molecular complexity index is 505. The van der Waals surface area contributed by atoms with Crippen molar-refractivity contribution in [2.45, 2.75) is 38.4 Å². The largest absolute Gasteiger partial charge is 0.492 e. The second kappa shape index (κ2) is 6.52. The van der Waals surface area contributed by atoms with Crippen LogP contribution in [0.1, 0.15) is 25.0 Å². The highest BCUT2D eigenvalue weighted by Gasteiger charge is 2.19. The van der Waals surface area contributed by atoms with Gasteiger partial charge in [-0.2, -0.15) is 0 Å². The number of nitrogens with zero attached hydrogens (tertiary/aromatic N) is 3. The van der Waals surface area contributed by atoms with Crippen LogP contribution in [0.3, 0.4) is 0 Å². The van der Waals surface area contributed by atoms with E-state index in [0.29, 0.717) is 6.61 Å². The predicted molar refractivity (Wildman–Crippen MR) is 76.4 cm³/mol. The average Bonchev–Trinajstić information content (AvgIpc) is 3.17. The summed E-state index contributed by atoms with van der Waals surface area (Å²) in [4.78, 5) is 8.41. The first kappa shape index (κ1) is 13.1. The van der Waals surface area contributed by atoms with E-state index in [2.05, 4.69) is 15.3 Å². The Morgan fingerprint density at radius 1 is 1.35 bits per heavy atom. The van der Waals surface area contributed by atoms with Crippen LogP contribution in [0.25, 0.3) is 0 Å². The molecule has 1 aliphatic carbocycles. The Morgan fingerprint density at radius 3 is 3.00 bits per heavy atom. The second-order valence-electron chi connectivity index (χ2n) is 5.14. The summed E-state index contributed by atoms with van der Waals surface area (Å²) in [7, 11) is 0. The Kier molecular flexibility index (Phi) is 4.28. The average molecular weight is 272 g/mol.